The molecule has 4 heterocycles. The van der Waals surface area contributed by atoms with Gasteiger partial charge < -0.3 is 9.30 Å². The number of hydrogen-bond donors (Lipinski definition) is 0. The maximum absolute atomic E-state index is 13.6. The summed E-state index contributed by atoms with van der Waals surface area (Å²) in [6.45, 7) is 0.618. The number of pyridine rings is 1. The number of rotatable bonds is 5. The molecule has 174 valence electrons. The van der Waals surface area contributed by atoms with Crippen molar-refractivity contribution in [3.8, 4) is 11.6 Å². The number of methoxy groups -OCH3 is 1. The lowest BCUT2D eigenvalue weighted by molar-refractivity contribution is -0.138. The van der Waals surface area contributed by atoms with E-state index in [2.05, 4.69) is 20.1 Å². The van der Waals surface area contributed by atoms with Crippen molar-refractivity contribution in [1.29, 1.82) is 0 Å². The lowest BCUT2D eigenvalue weighted by Crippen LogP contribution is -2.21. The number of nitrogens with zero attached hydrogens (tertiary/aromatic N) is 6. The van der Waals surface area contributed by atoms with Crippen LogP contribution in [0.3, 0.4) is 0 Å². The number of aryl methyl sites for hydroxylation is 1. The van der Waals surface area contributed by atoms with E-state index in [0.29, 0.717) is 36.2 Å². The van der Waals surface area contributed by atoms with Crippen molar-refractivity contribution in [2.45, 2.75) is 31.5 Å². The van der Waals surface area contributed by atoms with Crippen LogP contribution < -0.4 is 4.74 Å². The van der Waals surface area contributed by atoms with E-state index < -0.39 is 17.7 Å². The minimum absolute atomic E-state index is 0.236. The Morgan fingerprint density at radius 1 is 1.09 bits per heavy atom. The van der Waals surface area contributed by atoms with Gasteiger partial charge in [0.05, 0.1) is 24.7 Å². The molecule has 10 heteroatoms. The van der Waals surface area contributed by atoms with E-state index in [1.54, 1.807) is 53.3 Å². The molecule has 0 N–H and O–H groups in total. The molecular formula is C24H21F3N6O. The van der Waals surface area contributed by atoms with Crippen molar-refractivity contribution in [3.63, 3.8) is 0 Å². The summed E-state index contributed by atoms with van der Waals surface area (Å²) >= 11 is 0. The summed E-state index contributed by atoms with van der Waals surface area (Å²) in [5.41, 5.74) is 0.995. The zero-order chi connectivity index (χ0) is 23.7. The maximum Gasteiger partial charge on any atom is 0.416 e. The standard InChI is InChI=1S/C24H21F3N6O/c1-34-23-20(32-14-12-28-15-32)10-8-16(29-23)9-11-21-30-22-18(6-4-13-33(22)31-21)17-5-2-3-7-19(17)24(25,26)27/h2-3,5,7-12,14-15,18H,4,6,13H2,1H3/b11-9+/t18-/m0/s1. The van der Waals surface area contributed by atoms with Crippen molar-refractivity contribution in [2.75, 3.05) is 7.11 Å². The molecular weight excluding hydrogens is 445 g/mol. The van der Waals surface area contributed by atoms with E-state index in [-0.39, 0.29) is 5.56 Å². The number of alkyl halides is 3. The molecule has 1 aromatic carbocycles. The van der Waals surface area contributed by atoms with Gasteiger partial charge in [0.15, 0.2) is 5.82 Å². The molecule has 34 heavy (non-hydrogen) atoms. The van der Waals surface area contributed by atoms with Crippen LogP contribution in [0.1, 0.15) is 47.2 Å². The van der Waals surface area contributed by atoms with Crippen LogP contribution in [-0.2, 0) is 12.7 Å². The number of imidazole rings is 1. The highest BCUT2D eigenvalue weighted by Crippen LogP contribution is 2.40. The quantitative estimate of drug-likeness (QED) is 0.415. The van der Waals surface area contributed by atoms with Crippen LogP contribution >= 0.6 is 0 Å². The molecule has 7 nitrogen and oxygen atoms in total. The zero-order valence-electron chi connectivity index (χ0n) is 18.3. The van der Waals surface area contributed by atoms with Gasteiger partial charge in [-0.1, -0.05) is 18.2 Å². The van der Waals surface area contributed by atoms with Crippen LogP contribution in [0.4, 0.5) is 13.2 Å². The SMILES string of the molecule is COc1nc(/C=C/c2nc3n(n2)CCC[C@H]3c2ccccc2C(F)(F)F)ccc1-n1ccnc1. The van der Waals surface area contributed by atoms with Crippen molar-refractivity contribution < 1.29 is 17.9 Å². The molecule has 1 aliphatic rings. The minimum atomic E-state index is -4.42. The third-order valence-corrected chi connectivity index (χ3v) is 5.77. The number of aromatic nitrogens is 6. The fraction of sp³-hybridized carbons (Fsp3) is 0.250. The Labute approximate surface area is 193 Å². The third kappa shape index (κ3) is 4.18. The molecule has 0 bridgehead atoms. The predicted octanol–water partition coefficient (Wildman–Crippen LogP) is 4.98. The second-order valence-electron chi connectivity index (χ2n) is 7.90. The monoisotopic (exact) mass is 466 g/mol. The lowest BCUT2D eigenvalue weighted by Gasteiger charge is -2.25. The normalized spacial score (nSPS) is 16.1. The summed E-state index contributed by atoms with van der Waals surface area (Å²) in [4.78, 5) is 13.1. The van der Waals surface area contributed by atoms with E-state index in [0.717, 1.165) is 18.2 Å². The number of benzene rings is 1. The van der Waals surface area contributed by atoms with Gasteiger partial charge in [0, 0.05) is 24.9 Å². The average Bonchev–Trinajstić information content (AvgIpc) is 3.52. The minimum Gasteiger partial charge on any atom is -0.479 e. The van der Waals surface area contributed by atoms with Gasteiger partial charge in [-0.15, -0.1) is 0 Å². The second kappa shape index (κ2) is 8.77. The highest BCUT2D eigenvalue weighted by molar-refractivity contribution is 5.65. The predicted molar refractivity (Wildman–Crippen MR) is 119 cm³/mol. The van der Waals surface area contributed by atoms with E-state index in [1.165, 1.54) is 12.1 Å². The van der Waals surface area contributed by atoms with Gasteiger partial charge in [-0.2, -0.15) is 18.3 Å². The van der Waals surface area contributed by atoms with Gasteiger partial charge in [0.1, 0.15) is 11.5 Å². The lowest BCUT2D eigenvalue weighted by atomic mass is 9.88. The average molecular weight is 466 g/mol. The molecule has 0 saturated carbocycles. The Morgan fingerprint density at radius 2 is 1.94 bits per heavy atom. The summed E-state index contributed by atoms with van der Waals surface area (Å²) in [6.07, 6.45) is 5.46. The van der Waals surface area contributed by atoms with Gasteiger partial charge in [0.2, 0.25) is 5.88 Å². The first kappa shape index (κ1) is 21.9. The van der Waals surface area contributed by atoms with E-state index in [9.17, 15) is 13.2 Å². The van der Waals surface area contributed by atoms with Gasteiger partial charge in [-0.25, -0.2) is 19.6 Å². The number of hydrogen-bond acceptors (Lipinski definition) is 5. The second-order valence-corrected chi connectivity index (χ2v) is 7.90. The molecule has 0 unspecified atom stereocenters. The fourth-order valence-corrected chi connectivity index (χ4v) is 4.24. The van der Waals surface area contributed by atoms with Crippen molar-refractivity contribution in [1.82, 2.24) is 29.3 Å². The summed E-state index contributed by atoms with van der Waals surface area (Å²) in [5, 5.41) is 4.50. The summed E-state index contributed by atoms with van der Waals surface area (Å²) in [7, 11) is 1.54. The molecule has 1 aliphatic heterocycles. The highest BCUT2D eigenvalue weighted by atomic mass is 19.4. The molecule has 0 amide bonds. The Kier molecular flexibility index (Phi) is 5.64. The van der Waals surface area contributed by atoms with E-state index in [1.807, 2.05) is 12.1 Å². The van der Waals surface area contributed by atoms with Crippen molar-refractivity contribution in [3.05, 3.63) is 83.6 Å². The van der Waals surface area contributed by atoms with Crippen LogP contribution in [0.25, 0.3) is 17.8 Å². The van der Waals surface area contributed by atoms with Gasteiger partial charge in [0.25, 0.3) is 0 Å². The largest absolute Gasteiger partial charge is 0.479 e. The van der Waals surface area contributed by atoms with Crippen LogP contribution in [0.15, 0.2) is 55.1 Å². The van der Waals surface area contributed by atoms with Crippen LogP contribution in [0, 0.1) is 0 Å². The molecule has 0 fully saturated rings. The van der Waals surface area contributed by atoms with E-state index in [4.69, 9.17) is 4.74 Å². The summed E-state index contributed by atoms with van der Waals surface area (Å²) in [5.74, 6) is 0.935. The molecule has 1 atom stereocenters. The molecule has 0 aliphatic carbocycles. The van der Waals surface area contributed by atoms with Gasteiger partial charge in [-0.3, -0.25) is 0 Å². The highest BCUT2D eigenvalue weighted by Gasteiger charge is 2.37. The molecule has 0 radical (unpaired) electrons. The van der Waals surface area contributed by atoms with Gasteiger partial charge >= 0.3 is 6.18 Å². The van der Waals surface area contributed by atoms with Crippen LogP contribution in [-0.4, -0.2) is 36.4 Å². The zero-order valence-corrected chi connectivity index (χ0v) is 18.3. The first-order valence-corrected chi connectivity index (χ1v) is 10.8. The molecule has 3 aromatic heterocycles. The molecule has 0 spiro atoms. The maximum atomic E-state index is 13.6. The van der Waals surface area contributed by atoms with Crippen molar-refractivity contribution in [2.24, 2.45) is 0 Å². The Bertz CT molecular complexity index is 1330. The van der Waals surface area contributed by atoms with Gasteiger partial charge in [-0.05, 0) is 48.8 Å². The Hall–Kier alpha value is -3.95. The molecule has 4 aromatic rings. The van der Waals surface area contributed by atoms with Crippen molar-refractivity contribution >= 4 is 12.2 Å². The first-order chi connectivity index (χ1) is 16.4. The van der Waals surface area contributed by atoms with Crippen LogP contribution in [0.2, 0.25) is 0 Å². The number of fused-ring (bicyclic) bond motifs is 1. The summed E-state index contributed by atoms with van der Waals surface area (Å²) < 4.78 is 49.7. The molecule has 0 saturated heterocycles. The third-order valence-electron chi connectivity index (χ3n) is 5.77. The number of ether oxygens (including phenoxy) is 1. The van der Waals surface area contributed by atoms with E-state index >= 15 is 0 Å². The Balaban J connectivity index is 1.44. The topological polar surface area (TPSA) is 70.7 Å². The Morgan fingerprint density at radius 3 is 2.71 bits per heavy atom. The number of halogens is 3. The fourth-order valence-electron chi connectivity index (χ4n) is 4.24. The molecule has 5 rings (SSSR count). The smallest absolute Gasteiger partial charge is 0.416 e. The summed E-state index contributed by atoms with van der Waals surface area (Å²) in [6, 6.07) is 9.39. The first-order valence-electron chi connectivity index (χ1n) is 10.8. The van der Waals surface area contributed by atoms with Crippen LogP contribution in [0.5, 0.6) is 5.88 Å².